The molecule has 0 atom stereocenters. The minimum Gasteiger partial charge on any atom is -0.356 e. The van der Waals surface area contributed by atoms with Gasteiger partial charge in [0, 0.05) is 33.1 Å². The largest absolute Gasteiger partial charge is 0.356 e. The standard InChI is InChI=1S/C14H28N6.HI/c1-5-13-19-18-11-20(13)10-9-17-14(15-4)16-8-6-7-12(2)3;/h11-12H,5-10H2,1-4H3,(H2,15,16,17);1H. The van der Waals surface area contributed by atoms with Gasteiger partial charge in [0.1, 0.15) is 12.2 Å². The van der Waals surface area contributed by atoms with E-state index in [1.165, 1.54) is 12.8 Å². The molecule has 122 valence electrons. The molecule has 0 amide bonds. The van der Waals surface area contributed by atoms with Crippen LogP contribution in [0.2, 0.25) is 0 Å². The number of aliphatic imine (C=N–C) groups is 1. The van der Waals surface area contributed by atoms with Crippen molar-refractivity contribution in [2.45, 2.75) is 46.6 Å². The van der Waals surface area contributed by atoms with Gasteiger partial charge in [-0.05, 0) is 18.8 Å². The Morgan fingerprint density at radius 2 is 2.05 bits per heavy atom. The van der Waals surface area contributed by atoms with Crippen LogP contribution in [0.4, 0.5) is 0 Å². The first-order valence-electron chi connectivity index (χ1n) is 7.48. The summed E-state index contributed by atoms with van der Waals surface area (Å²) in [5, 5.41) is 14.6. The summed E-state index contributed by atoms with van der Waals surface area (Å²) in [6.07, 6.45) is 5.09. The lowest BCUT2D eigenvalue weighted by molar-refractivity contribution is 0.548. The van der Waals surface area contributed by atoms with E-state index in [2.05, 4.69) is 51.2 Å². The number of rotatable bonds is 8. The van der Waals surface area contributed by atoms with Crippen molar-refractivity contribution in [1.82, 2.24) is 25.4 Å². The van der Waals surface area contributed by atoms with Crippen molar-refractivity contribution < 1.29 is 0 Å². The highest BCUT2D eigenvalue weighted by molar-refractivity contribution is 14.0. The van der Waals surface area contributed by atoms with Gasteiger partial charge >= 0.3 is 0 Å². The molecule has 0 aliphatic rings. The molecule has 0 bridgehead atoms. The number of hydrogen-bond acceptors (Lipinski definition) is 3. The number of nitrogens with zero attached hydrogens (tertiary/aromatic N) is 4. The third-order valence-electron chi connectivity index (χ3n) is 3.13. The average molecular weight is 408 g/mol. The van der Waals surface area contributed by atoms with E-state index < -0.39 is 0 Å². The Labute approximate surface area is 145 Å². The van der Waals surface area contributed by atoms with E-state index in [0.717, 1.165) is 43.8 Å². The lowest BCUT2D eigenvalue weighted by Gasteiger charge is -2.13. The fourth-order valence-electron chi connectivity index (χ4n) is 1.97. The van der Waals surface area contributed by atoms with Gasteiger partial charge in [-0.1, -0.05) is 20.8 Å². The molecule has 0 aliphatic carbocycles. The van der Waals surface area contributed by atoms with Crippen LogP contribution in [-0.4, -0.2) is 40.9 Å². The molecule has 7 heteroatoms. The first-order valence-corrected chi connectivity index (χ1v) is 7.48. The third-order valence-corrected chi connectivity index (χ3v) is 3.13. The molecule has 0 fully saturated rings. The van der Waals surface area contributed by atoms with E-state index in [0.29, 0.717) is 0 Å². The number of aromatic nitrogens is 3. The lowest BCUT2D eigenvalue weighted by Crippen LogP contribution is -2.39. The molecule has 0 saturated carbocycles. The van der Waals surface area contributed by atoms with Crippen LogP contribution in [0.3, 0.4) is 0 Å². The number of guanidine groups is 1. The zero-order chi connectivity index (χ0) is 14.8. The predicted molar refractivity (Wildman–Crippen MR) is 98.3 cm³/mol. The molecule has 0 aromatic carbocycles. The maximum absolute atomic E-state index is 4.22. The van der Waals surface area contributed by atoms with Crippen molar-refractivity contribution in [3.05, 3.63) is 12.2 Å². The molecule has 0 aliphatic heterocycles. The van der Waals surface area contributed by atoms with Gasteiger partial charge in [-0.25, -0.2) is 0 Å². The summed E-state index contributed by atoms with van der Waals surface area (Å²) < 4.78 is 2.07. The molecule has 1 rings (SSSR count). The maximum atomic E-state index is 4.22. The van der Waals surface area contributed by atoms with Crippen molar-refractivity contribution in [1.29, 1.82) is 0 Å². The normalized spacial score (nSPS) is 11.4. The van der Waals surface area contributed by atoms with E-state index in [1.807, 2.05) is 0 Å². The highest BCUT2D eigenvalue weighted by Crippen LogP contribution is 2.01. The van der Waals surface area contributed by atoms with Crippen molar-refractivity contribution >= 4 is 29.9 Å². The van der Waals surface area contributed by atoms with Crippen molar-refractivity contribution in [3.8, 4) is 0 Å². The molecule has 1 heterocycles. The number of aryl methyl sites for hydroxylation is 1. The molecule has 0 spiro atoms. The van der Waals surface area contributed by atoms with E-state index in [4.69, 9.17) is 0 Å². The zero-order valence-corrected chi connectivity index (χ0v) is 15.9. The smallest absolute Gasteiger partial charge is 0.191 e. The fourth-order valence-corrected chi connectivity index (χ4v) is 1.97. The van der Waals surface area contributed by atoms with E-state index >= 15 is 0 Å². The Hall–Kier alpha value is -0.860. The second-order valence-electron chi connectivity index (χ2n) is 5.26. The molecule has 1 aromatic rings. The molecule has 2 N–H and O–H groups in total. The van der Waals surface area contributed by atoms with Crippen LogP contribution in [-0.2, 0) is 13.0 Å². The quantitative estimate of drug-likeness (QED) is 0.299. The van der Waals surface area contributed by atoms with Gasteiger partial charge in [0.25, 0.3) is 0 Å². The van der Waals surface area contributed by atoms with Gasteiger partial charge in [0.15, 0.2) is 5.96 Å². The molecule has 6 nitrogen and oxygen atoms in total. The monoisotopic (exact) mass is 408 g/mol. The Bertz CT molecular complexity index is 402. The summed E-state index contributed by atoms with van der Waals surface area (Å²) in [5.74, 6) is 2.64. The number of halogens is 1. The molecule has 21 heavy (non-hydrogen) atoms. The second kappa shape index (κ2) is 11.8. The first kappa shape index (κ1) is 20.1. The summed E-state index contributed by atoms with van der Waals surface area (Å²) in [4.78, 5) is 4.22. The average Bonchev–Trinajstić information content (AvgIpc) is 2.88. The van der Waals surface area contributed by atoms with Crippen LogP contribution >= 0.6 is 24.0 Å². The van der Waals surface area contributed by atoms with Crippen molar-refractivity contribution in [3.63, 3.8) is 0 Å². The van der Waals surface area contributed by atoms with E-state index in [9.17, 15) is 0 Å². The number of nitrogens with one attached hydrogen (secondary N) is 2. The van der Waals surface area contributed by atoms with Crippen LogP contribution in [0.25, 0.3) is 0 Å². The van der Waals surface area contributed by atoms with Crippen LogP contribution in [0, 0.1) is 5.92 Å². The molecule has 0 saturated heterocycles. The fraction of sp³-hybridized carbons (Fsp3) is 0.786. The molecular weight excluding hydrogens is 379 g/mol. The Morgan fingerprint density at radius 3 is 2.67 bits per heavy atom. The van der Waals surface area contributed by atoms with Gasteiger partial charge in [-0.2, -0.15) is 0 Å². The van der Waals surface area contributed by atoms with Gasteiger partial charge in [0.2, 0.25) is 0 Å². The summed E-state index contributed by atoms with van der Waals surface area (Å²) >= 11 is 0. The zero-order valence-electron chi connectivity index (χ0n) is 13.6. The van der Waals surface area contributed by atoms with Gasteiger partial charge in [-0.15, -0.1) is 34.2 Å². The van der Waals surface area contributed by atoms with Crippen LogP contribution in [0.5, 0.6) is 0 Å². The molecular formula is C14H29IN6. The summed E-state index contributed by atoms with van der Waals surface area (Å²) in [5.41, 5.74) is 0. The van der Waals surface area contributed by atoms with Crippen LogP contribution < -0.4 is 10.6 Å². The Balaban J connectivity index is 0.00000400. The predicted octanol–water partition coefficient (Wildman–Crippen LogP) is 2.06. The minimum atomic E-state index is 0. The van der Waals surface area contributed by atoms with Crippen molar-refractivity contribution in [2.75, 3.05) is 20.1 Å². The number of hydrogen-bond donors (Lipinski definition) is 2. The second-order valence-corrected chi connectivity index (χ2v) is 5.26. The summed E-state index contributed by atoms with van der Waals surface area (Å²) in [6, 6.07) is 0. The Morgan fingerprint density at radius 1 is 1.33 bits per heavy atom. The topological polar surface area (TPSA) is 67.1 Å². The van der Waals surface area contributed by atoms with Gasteiger partial charge in [0.05, 0.1) is 0 Å². The SMILES string of the molecule is CCc1nncn1CCNC(=NC)NCCCC(C)C.I. The minimum absolute atomic E-state index is 0. The van der Waals surface area contributed by atoms with E-state index in [1.54, 1.807) is 13.4 Å². The van der Waals surface area contributed by atoms with Crippen molar-refractivity contribution in [2.24, 2.45) is 10.9 Å². The first-order chi connectivity index (χ1) is 9.67. The maximum Gasteiger partial charge on any atom is 0.191 e. The highest BCUT2D eigenvalue weighted by atomic mass is 127. The van der Waals surface area contributed by atoms with Gasteiger partial charge < -0.3 is 15.2 Å². The Kier molecular flexibility index (Phi) is 11.3. The molecule has 0 radical (unpaired) electrons. The summed E-state index contributed by atoms with van der Waals surface area (Å²) in [7, 11) is 1.80. The highest BCUT2D eigenvalue weighted by Gasteiger charge is 2.02. The molecule has 1 aromatic heterocycles. The third kappa shape index (κ3) is 8.23. The summed E-state index contributed by atoms with van der Waals surface area (Å²) in [6.45, 7) is 9.21. The van der Waals surface area contributed by atoms with E-state index in [-0.39, 0.29) is 24.0 Å². The lowest BCUT2D eigenvalue weighted by atomic mass is 10.1. The van der Waals surface area contributed by atoms with Crippen LogP contribution in [0.15, 0.2) is 11.3 Å². The van der Waals surface area contributed by atoms with Gasteiger partial charge in [-0.3, -0.25) is 4.99 Å². The van der Waals surface area contributed by atoms with Crippen LogP contribution in [0.1, 0.15) is 39.4 Å². The molecule has 0 unspecified atom stereocenters.